The van der Waals surface area contributed by atoms with Crippen molar-refractivity contribution in [1.29, 1.82) is 0 Å². The molecule has 0 unspecified atom stereocenters. The van der Waals surface area contributed by atoms with E-state index >= 15 is 0 Å². The second-order valence-corrected chi connectivity index (χ2v) is 12.0. The van der Waals surface area contributed by atoms with Crippen LogP contribution in [0.1, 0.15) is 40.0 Å². The van der Waals surface area contributed by atoms with Crippen LogP contribution in [0.5, 0.6) is 0 Å². The summed E-state index contributed by atoms with van der Waals surface area (Å²) in [5.74, 6) is 1.93. The Balaban J connectivity index is 1.97. The third kappa shape index (κ3) is 4.19. The second kappa shape index (κ2) is 8.07. The average molecular weight is 373 g/mol. The molecule has 1 aliphatic rings. The fourth-order valence-electron chi connectivity index (χ4n) is 4.07. The van der Waals surface area contributed by atoms with Crippen molar-refractivity contribution in [1.82, 2.24) is 0 Å². The first kappa shape index (κ1) is 18.7. The Hall–Kier alpha value is -1.09. The molecule has 3 heteroatoms. The lowest BCUT2D eigenvalue weighted by Crippen LogP contribution is -2.59. The van der Waals surface area contributed by atoms with Crippen LogP contribution in [0.4, 0.5) is 0 Å². The van der Waals surface area contributed by atoms with Gasteiger partial charge in [0.05, 0.1) is 6.10 Å². The molecule has 1 nitrogen and oxygen atoms in total. The van der Waals surface area contributed by atoms with Gasteiger partial charge in [-0.1, -0.05) is 87.9 Å². The van der Waals surface area contributed by atoms with E-state index in [0.29, 0.717) is 17.8 Å². The molecule has 2 aromatic carbocycles. The summed E-state index contributed by atoms with van der Waals surface area (Å²) in [5, 5.41) is 2.28. The number of benzene rings is 2. The summed E-state index contributed by atoms with van der Waals surface area (Å²) in [4.78, 5) is 0. The Bertz CT molecular complexity index is 619. The van der Waals surface area contributed by atoms with Crippen molar-refractivity contribution in [3.05, 3.63) is 60.7 Å². The van der Waals surface area contributed by atoms with E-state index in [1.54, 1.807) is 0 Å². The van der Waals surface area contributed by atoms with Gasteiger partial charge in [0.15, 0.2) is 0 Å². The number of halogens is 1. The van der Waals surface area contributed by atoms with Crippen molar-refractivity contribution in [2.24, 2.45) is 17.8 Å². The fourth-order valence-corrected chi connectivity index (χ4v) is 7.70. The molecule has 0 radical (unpaired) electrons. The minimum absolute atomic E-state index is 0.244. The molecule has 3 atom stereocenters. The van der Waals surface area contributed by atoms with Crippen LogP contribution in [0.25, 0.3) is 0 Å². The molecule has 1 fully saturated rings. The third-order valence-corrected chi connectivity index (χ3v) is 9.92. The molecule has 0 N–H and O–H groups in total. The Morgan fingerprint density at radius 1 is 0.920 bits per heavy atom. The topological polar surface area (TPSA) is 9.23 Å². The van der Waals surface area contributed by atoms with Gasteiger partial charge in [0.2, 0.25) is 0 Å². The molecule has 2 aromatic rings. The maximum absolute atomic E-state index is 7.36. The largest absolute Gasteiger partial charge is 0.393 e. The van der Waals surface area contributed by atoms with Crippen LogP contribution in [0.2, 0.25) is 0 Å². The molecule has 0 heterocycles. The average Bonchev–Trinajstić information content (AvgIpc) is 2.63. The van der Waals surface area contributed by atoms with Gasteiger partial charge in [-0.05, 0) is 41.0 Å². The molecular formula is C22H29ClOSi. The van der Waals surface area contributed by atoms with Crippen molar-refractivity contribution < 1.29 is 4.43 Å². The summed E-state index contributed by atoms with van der Waals surface area (Å²) in [6, 6.07) is 20.9. The van der Waals surface area contributed by atoms with Gasteiger partial charge >= 0.3 is 7.63 Å². The van der Waals surface area contributed by atoms with E-state index < -0.39 is 7.63 Å². The van der Waals surface area contributed by atoms with E-state index in [0.717, 1.165) is 16.8 Å². The number of hydrogen-bond acceptors (Lipinski definition) is 1. The van der Waals surface area contributed by atoms with E-state index in [9.17, 15) is 0 Å². The van der Waals surface area contributed by atoms with Gasteiger partial charge < -0.3 is 4.43 Å². The van der Waals surface area contributed by atoms with Crippen LogP contribution in [-0.4, -0.2) is 13.7 Å². The predicted octanol–water partition coefficient (Wildman–Crippen LogP) is 4.96. The third-order valence-electron chi connectivity index (χ3n) is 5.57. The summed E-state index contributed by atoms with van der Waals surface area (Å²) >= 11 is 7.36. The summed E-state index contributed by atoms with van der Waals surface area (Å²) in [6.45, 7) is 6.98. The Kier molecular flexibility index (Phi) is 6.03. The first-order valence-electron chi connectivity index (χ1n) is 9.48. The maximum atomic E-state index is 7.36. The van der Waals surface area contributed by atoms with Crippen molar-refractivity contribution in [2.75, 3.05) is 0 Å². The van der Waals surface area contributed by atoms with Crippen LogP contribution >= 0.6 is 11.1 Å². The zero-order valence-corrected chi connectivity index (χ0v) is 17.2. The Morgan fingerprint density at radius 3 is 1.92 bits per heavy atom. The summed E-state index contributed by atoms with van der Waals surface area (Å²) in [6.07, 6.45) is 3.91. The molecule has 0 spiro atoms. The maximum Gasteiger partial charge on any atom is 0.355 e. The highest BCUT2D eigenvalue weighted by atomic mass is 35.6. The first-order chi connectivity index (χ1) is 12.0. The molecule has 1 aliphatic carbocycles. The fraction of sp³-hybridized carbons (Fsp3) is 0.455. The molecule has 0 bridgehead atoms. The normalized spacial score (nSPS) is 24.4. The highest BCUT2D eigenvalue weighted by molar-refractivity contribution is 7.30. The van der Waals surface area contributed by atoms with Gasteiger partial charge in [-0.15, -0.1) is 11.1 Å². The zero-order chi connectivity index (χ0) is 17.9. The van der Waals surface area contributed by atoms with Gasteiger partial charge in [0.25, 0.3) is 0 Å². The van der Waals surface area contributed by atoms with Crippen LogP contribution in [0.3, 0.4) is 0 Å². The van der Waals surface area contributed by atoms with Crippen molar-refractivity contribution in [3.63, 3.8) is 0 Å². The molecule has 3 rings (SSSR count). The van der Waals surface area contributed by atoms with Gasteiger partial charge in [-0.3, -0.25) is 0 Å². The second-order valence-electron chi connectivity index (χ2n) is 7.81. The van der Waals surface area contributed by atoms with E-state index in [4.69, 9.17) is 15.5 Å². The Labute approximate surface area is 158 Å². The molecule has 0 aliphatic heterocycles. The van der Waals surface area contributed by atoms with Gasteiger partial charge in [-0.2, -0.15) is 0 Å². The SMILES string of the molecule is CC(C)[C@H]1CC[C@H](C)C[C@@H]1O[Si](Cl)(c1ccccc1)c1ccccc1. The van der Waals surface area contributed by atoms with Crippen LogP contribution in [-0.2, 0) is 4.43 Å². The van der Waals surface area contributed by atoms with E-state index in [2.05, 4.69) is 69.3 Å². The van der Waals surface area contributed by atoms with Gasteiger partial charge in [0.1, 0.15) is 0 Å². The first-order valence-corrected chi connectivity index (χ1v) is 12.4. The molecule has 0 saturated heterocycles. The van der Waals surface area contributed by atoms with Gasteiger partial charge in [0, 0.05) is 0 Å². The summed E-state index contributed by atoms with van der Waals surface area (Å²) < 4.78 is 6.90. The van der Waals surface area contributed by atoms with Crippen LogP contribution in [0.15, 0.2) is 60.7 Å². The smallest absolute Gasteiger partial charge is 0.355 e. The highest BCUT2D eigenvalue weighted by Crippen LogP contribution is 2.37. The highest BCUT2D eigenvalue weighted by Gasteiger charge is 2.43. The van der Waals surface area contributed by atoms with Crippen molar-refractivity contribution in [3.8, 4) is 0 Å². The quantitative estimate of drug-likeness (QED) is 0.532. The molecule has 0 aromatic heterocycles. The van der Waals surface area contributed by atoms with Crippen LogP contribution in [0, 0.1) is 17.8 Å². The van der Waals surface area contributed by atoms with Crippen molar-refractivity contribution in [2.45, 2.75) is 46.1 Å². The minimum Gasteiger partial charge on any atom is -0.393 e. The lowest BCUT2D eigenvalue weighted by atomic mass is 9.75. The number of rotatable bonds is 5. The minimum atomic E-state index is -2.73. The zero-order valence-electron chi connectivity index (χ0n) is 15.5. The standard InChI is InChI=1S/C22H29ClOSi/c1-17(2)21-15-14-18(3)16-22(21)24-25(23,19-10-6-4-7-11-19)20-12-8-5-9-13-20/h4-13,17-18,21-22H,14-16H2,1-3H3/t18-,21+,22-/m0/s1. The predicted molar refractivity (Wildman–Crippen MR) is 110 cm³/mol. The van der Waals surface area contributed by atoms with Gasteiger partial charge in [-0.25, -0.2) is 0 Å². The van der Waals surface area contributed by atoms with E-state index in [-0.39, 0.29) is 6.10 Å². The molecular weight excluding hydrogens is 344 g/mol. The summed E-state index contributed by atoms with van der Waals surface area (Å²) in [7, 11) is -2.73. The van der Waals surface area contributed by atoms with E-state index in [1.807, 2.05) is 12.1 Å². The number of hydrogen-bond donors (Lipinski definition) is 0. The van der Waals surface area contributed by atoms with Crippen molar-refractivity contribution >= 4 is 29.1 Å². The van der Waals surface area contributed by atoms with Crippen LogP contribution < -0.4 is 10.4 Å². The summed E-state index contributed by atoms with van der Waals surface area (Å²) in [5.41, 5.74) is 0. The van der Waals surface area contributed by atoms with E-state index in [1.165, 1.54) is 12.8 Å². The monoisotopic (exact) mass is 372 g/mol. The molecule has 0 amide bonds. The lowest BCUT2D eigenvalue weighted by molar-refractivity contribution is 0.0455. The molecule has 1 saturated carbocycles. The Morgan fingerprint density at radius 2 is 1.44 bits per heavy atom. The lowest BCUT2D eigenvalue weighted by Gasteiger charge is -2.41. The molecule has 25 heavy (non-hydrogen) atoms. The molecule has 134 valence electrons.